The number of carboxylic acid groups (broad SMARTS) is 2. The average Bonchev–Trinajstić information content (AvgIpc) is 0.811. The predicted octanol–water partition coefficient (Wildman–Crippen LogP) is -0.761. The topological polar surface area (TPSA) is 89.0 Å². The smallest absolute Gasteiger partial charge is 1.00 e. The van der Waals surface area contributed by atoms with E-state index in [9.17, 15) is 0 Å². The van der Waals surface area contributed by atoms with Gasteiger partial charge in [-0.25, -0.2) is 4.79 Å². The van der Waals surface area contributed by atoms with E-state index in [0.29, 0.717) is 0 Å². The third-order valence-corrected chi connectivity index (χ3v) is 0. The van der Waals surface area contributed by atoms with Crippen LogP contribution >= 0.6 is 0 Å². The van der Waals surface area contributed by atoms with Crippen molar-refractivity contribution in [3.63, 3.8) is 0 Å². The van der Waals surface area contributed by atoms with Crippen molar-refractivity contribution in [2.24, 2.45) is 0 Å². The van der Waals surface area contributed by atoms with Crippen molar-refractivity contribution in [2.45, 2.75) is 0 Å². The Morgan fingerprint density at radius 1 is 1.43 bits per heavy atom. The van der Waals surface area contributed by atoms with Crippen LogP contribution in [0.25, 0.3) is 0 Å². The van der Waals surface area contributed by atoms with Crippen molar-refractivity contribution in [1.82, 2.24) is 0 Å². The van der Waals surface area contributed by atoms with Crippen molar-refractivity contribution in [3.05, 3.63) is 0 Å². The third kappa shape index (κ3) is 93.6. The van der Waals surface area contributed by atoms with E-state index in [-0.39, 0.29) is 78.8 Å². The Kier molecular flexibility index (Phi) is 52.5. The van der Waals surface area contributed by atoms with Gasteiger partial charge >= 0.3 is 43.9 Å². The molecule has 0 heterocycles. The first-order valence-corrected chi connectivity index (χ1v) is 0.651. The molecule has 0 unspecified atom stereocenters. The summed E-state index contributed by atoms with van der Waals surface area (Å²) in [7, 11) is 0. The van der Waals surface area contributed by atoms with Crippen LogP contribution in [0.5, 0.6) is 0 Å². The molecule has 0 bridgehead atoms. The molecule has 0 spiro atoms. The monoisotopic (exact) mass is 211 g/mol. The molecule has 1 radical (unpaired) electrons. The molecule has 0 aromatic carbocycles. The van der Waals surface area contributed by atoms with Crippen LogP contribution in [0.1, 0.15) is 2.85 Å². The maximum absolute atomic E-state index is 8.56. The molecular formula is CH6CaO4Y. The Balaban J connectivity index is -0.00000000450. The van der Waals surface area contributed by atoms with Crippen LogP contribution in [0.2, 0.25) is 0 Å². The van der Waals surface area contributed by atoms with E-state index in [4.69, 9.17) is 15.0 Å². The van der Waals surface area contributed by atoms with Crippen LogP contribution in [-0.2, 0) is 32.7 Å². The molecule has 0 aromatic heterocycles. The van der Waals surface area contributed by atoms with Crippen LogP contribution in [0.4, 0.5) is 4.79 Å². The zero-order valence-electron chi connectivity index (χ0n) is 5.59. The molecule has 4 N–H and O–H groups in total. The fourth-order valence-corrected chi connectivity index (χ4v) is 0. The van der Waals surface area contributed by atoms with Gasteiger partial charge < -0.3 is 18.5 Å². The number of carbonyl (C=O) groups is 1. The fourth-order valence-electron chi connectivity index (χ4n) is 0. The summed E-state index contributed by atoms with van der Waals surface area (Å²) in [5, 5.41) is 13.9. The van der Waals surface area contributed by atoms with Crippen molar-refractivity contribution in [3.8, 4) is 0 Å². The summed E-state index contributed by atoms with van der Waals surface area (Å²) in [5.74, 6) is 0. The second kappa shape index (κ2) is 15.6. The first kappa shape index (κ1) is 23.5. The van der Waals surface area contributed by atoms with Crippen molar-refractivity contribution >= 4 is 43.9 Å². The molecule has 0 aliphatic rings. The van der Waals surface area contributed by atoms with Gasteiger partial charge in [-0.3, -0.25) is 0 Å². The third-order valence-electron chi connectivity index (χ3n) is 0. The van der Waals surface area contributed by atoms with Gasteiger partial charge in [0.1, 0.15) is 0 Å². The van der Waals surface area contributed by atoms with Crippen LogP contribution in [0.15, 0.2) is 0 Å². The molecular weight excluding hydrogens is 205 g/mol. The molecule has 39 valence electrons. The van der Waals surface area contributed by atoms with Gasteiger partial charge in [0.25, 0.3) is 0 Å². The zero-order chi connectivity index (χ0) is 3.58. The van der Waals surface area contributed by atoms with Gasteiger partial charge in [-0.2, -0.15) is 0 Å². The van der Waals surface area contributed by atoms with Gasteiger partial charge in [-0.05, 0) is 0 Å². The van der Waals surface area contributed by atoms with E-state index < -0.39 is 6.16 Å². The molecule has 0 aliphatic heterocycles. The number of rotatable bonds is 0. The van der Waals surface area contributed by atoms with Gasteiger partial charge in [0, 0.05) is 32.7 Å². The van der Waals surface area contributed by atoms with Crippen LogP contribution < -0.4 is 0 Å². The Hall–Kier alpha value is 1.59. The van der Waals surface area contributed by atoms with E-state index in [1.165, 1.54) is 0 Å². The summed E-state index contributed by atoms with van der Waals surface area (Å²) in [6.07, 6.45) is -1.83. The quantitative estimate of drug-likeness (QED) is 0.516. The van der Waals surface area contributed by atoms with E-state index >= 15 is 0 Å². The second-order valence-electron chi connectivity index (χ2n) is 0.283. The molecule has 0 amide bonds. The van der Waals surface area contributed by atoms with E-state index in [0.717, 1.165) is 0 Å². The first-order chi connectivity index (χ1) is 1.73. The molecule has 0 saturated heterocycles. The minimum Gasteiger partial charge on any atom is -1.00 e. The largest absolute Gasteiger partial charge is 2.00 e. The van der Waals surface area contributed by atoms with Gasteiger partial charge in [0.15, 0.2) is 0 Å². The van der Waals surface area contributed by atoms with Crippen molar-refractivity contribution < 1.29 is 56.0 Å². The van der Waals surface area contributed by atoms with Crippen LogP contribution in [-0.4, -0.2) is 59.6 Å². The number of hydrogen-bond donors (Lipinski definition) is 2. The van der Waals surface area contributed by atoms with Crippen LogP contribution in [0.3, 0.4) is 0 Å². The molecule has 0 saturated carbocycles. The molecule has 0 rings (SSSR count). The zero-order valence-corrected chi connectivity index (χ0v) is 8.63. The minimum absolute atomic E-state index is 0. The summed E-state index contributed by atoms with van der Waals surface area (Å²) in [4.78, 5) is 8.56. The van der Waals surface area contributed by atoms with Gasteiger partial charge in [0.05, 0.1) is 0 Å². The maximum Gasteiger partial charge on any atom is 2.00 e. The van der Waals surface area contributed by atoms with Gasteiger partial charge in [-0.1, -0.05) is 0 Å². The van der Waals surface area contributed by atoms with Crippen LogP contribution in [0, 0.1) is 0 Å². The van der Waals surface area contributed by atoms with Gasteiger partial charge in [-0.15, -0.1) is 0 Å². The normalized spacial score (nSPS) is 3.43. The molecule has 0 fully saturated rings. The summed E-state index contributed by atoms with van der Waals surface area (Å²) in [5.41, 5.74) is 0. The van der Waals surface area contributed by atoms with Gasteiger partial charge in [0.2, 0.25) is 0 Å². The molecule has 6 heteroatoms. The van der Waals surface area contributed by atoms with E-state index in [2.05, 4.69) is 0 Å². The maximum atomic E-state index is 8.56. The van der Waals surface area contributed by atoms with Crippen molar-refractivity contribution in [2.75, 3.05) is 0 Å². The Morgan fingerprint density at radius 3 is 1.43 bits per heavy atom. The summed E-state index contributed by atoms with van der Waals surface area (Å²) in [6, 6.07) is 0. The second-order valence-corrected chi connectivity index (χ2v) is 0.283. The fraction of sp³-hybridized carbons (Fsp3) is 0. The Labute approximate surface area is 98.4 Å². The Morgan fingerprint density at radius 2 is 1.43 bits per heavy atom. The molecule has 0 atom stereocenters. The average molecular weight is 211 g/mol. The molecule has 7 heavy (non-hydrogen) atoms. The standard InChI is InChI=1S/CH2O3.Ca.H2O.Y.2H/c2-1(3)4;;;;;/h(H2,2,3,4);;1H2;;;/q;+2;;;2*-1. The van der Waals surface area contributed by atoms with E-state index in [1.807, 2.05) is 0 Å². The summed E-state index contributed by atoms with van der Waals surface area (Å²) < 4.78 is 0. The molecule has 4 nitrogen and oxygen atoms in total. The SMILES string of the molecule is O.O=C(O)O.[Ca+2].[H-].[H-].[Y]. The first-order valence-electron chi connectivity index (χ1n) is 0.651. The molecule has 0 aliphatic carbocycles. The van der Waals surface area contributed by atoms with E-state index in [1.54, 1.807) is 0 Å². The predicted molar refractivity (Wildman–Crippen MR) is 22.2 cm³/mol. The Bertz CT molecular complexity index is 41.5. The number of hydrogen-bond acceptors (Lipinski definition) is 1. The summed E-state index contributed by atoms with van der Waals surface area (Å²) in [6.45, 7) is 0. The van der Waals surface area contributed by atoms with Crippen molar-refractivity contribution in [1.29, 1.82) is 0 Å². The minimum atomic E-state index is -1.83. The summed E-state index contributed by atoms with van der Waals surface area (Å²) >= 11 is 0. The molecule has 0 aromatic rings.